The van der Waals surface area contributed by atoms with Gasteiger partial charge in [-0.1, -0.05) is 10.8 Å². The topological polar surface area (TPSA) is 86.3 Å². The fourth-order valence-corrected chi connectivity index (χ4v) is 1.83. The Hall–Kier alpha value is -1.28. The Bertz CT molecular complexity index is 410. The van der Waals surface area contributed by atoms with Crippen molar-refractivity contribution in [3.63, 3.8) is 0 Å². The number of non-ortho nitro benzene ring substituents is 1. The number of nitrogens with zero attached hydrogens (tertiary/aromatic N) is 2. The maximum Gasteiger partial charge on any atom is 0.280 e. The monoisotopic (exact) mass is 246 g/mol. The standard InChI is InChI=1S/C7H6N2O4S2/c10-8(11)6-2-1-5(4-15-14)7(3-6)9(12)13/h1-3,14H,4H2. The van der Waals surface area contributed by atoms with Crippen LogP contribution in [0.4, 0.5) is 11.4 Å². The van der Waals surface area contributed by atoms with Crippen LogP contribution >= 0.6 is 22.5 Å². The molecule has 80 valence electrons. The molecular formula is C7H6N2O4S2. The van der Waals surface area contributed by atoms with Crippen molar-refractivity contribution in [2.24, 2.45) is 0 Å². The fourth-order valence-electron chi connectivity index (χ4n) is 1.03. The van der Waals surface area contributed by atoms with E-state index in [2.05, 4.69) is 11.7 Å². The smallest absolute Gasteiger partial charge is 0.258 e. The predicted octanol–water partition coefficient (Wildman–Crippen LogP) is 2.58. The Balaban J connectivity index is 3.20. The third-order valence-corrected chi connectivity index (χ3v) is 2.52. The molecule has 0 saturated heterocycles. The lowest BCUT2D eigenvalue weighted by Crippen LogP contribution is -1.96. The molecule has 0 heterocycles. The van der Waals surface area contributed by atoms with Crippen molar-refractivity contribution in [3.05, 3.63) is 44.0 Å². The van der Waals surface area contributed by atoms with Crippen LogP contribution in [-0.4, -0.2) is 9.85 Å². The number of nitro groups is 2. The molecule has 0 radical (unpaired) electrons. The number of rotatable bonds is 4. The molecule has 0 N–H and O–H groups in total. The van der Waals surface area contributed by atoms with Crippen molar-refractivity contribution in [2.45, 2.75) is 5.75 Å². The van der Waals surface area contributed by atoms with Crippen LogP contribution in [0.25, 0.3) is 0 Å². The summed E-state index contributed by atoms with van der Waals surface area (Å²) in [5, 5.41) is 21.0. The summed E-state index contributed by atoms with van der Waals surface area (Å²) in [6, 6.07) is 3.57. The predicted molar refractivity (Wildman–Crippen MR) is 60.0 cm³/mol. The molecule has 0 aromatic heterocycles. The van der Waals surface area contributed by atoms with Gasteiger partial charge in [0.15, 0.2) is 0 Å². The highest BCUT2D eigenvalue weighted by molar-refractivity contribution is 8.68. The minimum atomic E-state index is -0.662. The fraction of sp³-hybridized carbons (Fsp3) is 0.143. The molecule has 0 spiro atoms. The Labute approximate surface area is 93.8 Å². The highest BCUT2D eigenvalue weighted by atomic mass is 33.1. The van der Waals surface area contributed by atoms with Crippen molar-refractivity contribution in [1.82, 2.24) is 0 Å². The van der Waals surface area contributed by atoms with Gasteiger partial charge in [-0.15, -0.1) is 11.7 Å². The van der Waals surface area contributed by atoms with E-state index in [1.54, 1.807) is 0 Å². The number of hydrogen-bond acceptors (Lipinski definition) is 6. The number of hydrogen-bond donors (Lipinski definition) is 1. The van der Waals surface area contributed by atoms with Crippen LogP contribution in [0, 0.1) is 20.2 Å². The summed E-state index contributed by atoms with van der Waals surface area (Å²) in [5.41, 5.74) is -0.106. The van der Waals surface area contributed by atoms with E-state index in [0.717, 1.165) is 16.9 Å². The highest BCUT2D eigenvalue weighted by Gasteiger charge is 2.18. The van der Waals surface area contributed by atoms with E-state index in [4.69, 9.17) is 0 Å². The highest BCUT2D eigenvalue weighted by Crippen LogP contribution is 2.28. The van der Waals surface area contributed by atoms with E-state index < -0.39 is 9.85 Å². The summed E-state index contributed by atoms with van der Waals surface area (Å²) in [4.78, 5) is 19.7. The normalized spacial score (nSPS) is 9.93. The van der Waals surface area contributed by atoms with Gasteiger partial charge in [-0.2, -0.15) is 0 Å². The molecular weight excluding hydrogens is 240 g/mol. The van der Waals surface area contributed by atoms with Crippen LogP contribution in [0.3, 0.4) is 0 Å². The van der Waals surface area contributed by atoms with E-state index in [1.807, 2.05) is 0 Å². The maximum absolute atomic E-state index is 10.6. The summed E-state index contributed by atoms with van der Waals surface area (Å²) >= 11 is 3.87. The van der Waals surface area contributed by atoms with Gasteiger partial charge < -0.3 is 0 Å². The minimum Gasteiger partial charge on any atom is -0.258 e. The summed E-state index contributed by atoms with van der Waals surface area (Å²) in [5.74, 6) is 0.331. The van der Waals surface area contributed by atoms with E-state index in [9.17, 15) is 20.2 Å². The van der Waals surface area contributed by atoms with Crippen LogP contribution in [0.1, 0.15) is 5.56 Å². The zero-order valence-corrected chi connectivity index (χ0v) is 9.03. The first-order valence-corrected chi connectivity index (χ1v) is 5.78. The quantitative estimate of drug-likeness (QED) is 0.382. The molecule has 15 heavy (non-hydrogen) atoms. The molecule has 0 amide bonds. The van der Waals surface area contributed by atoms with Crippen LogP contribution in [0.2, 0.25) is 0 Å². The first-order valence-electron chi connectivity index (χ1n) is 3.74. The average molecular weight is 246 g/mol. The molecule has 1 aromatic rings. The van der Waals surface area contributed by atoms with Gasteiger partial charge in [0, 0.05) is 17.4 Å². The molecule has 0 fully saturated rings. The van der Waals surface area contributed by atoms with E-state index >= 15 is 0 Å². The second kappa shape index (κ2) is 4.99. The van der Waals surface area contributed by atoms with Gasteiger partial charge in [0.2, 0.25) is 0 Å². The first-order chi connectivity index (χ1) is 7.06. The molecule has 0 aliphatic carbocycles. The largest absolute Gasteiger partial charge is 0.280 e. The molecule has 0 saturated carbocycles. The van der Waals surface area contributed by atoms with Crippen molar-refractivity contribution < 1.29 is 9.85 Å². The number of nitro benzene ring substituents is 2. The Morgan fingerprint density at radius 2 is 1.93 bits per heavy atom. The van der Waals surface area contributed by atoms with Crippen molar-refractivity contribution in [3.8, 4) is 0 Å². The third kappa shape index (κ3) is 2.83. The van der Waals surface area contributed by atoms with Crippen LogP contribution < -0.4 is 0 Å². The van der Waals surface area contributed by atoms with Gasteiger partial charge in [-0.3, -0.25) is 20.2 Å². The molecule has 0 aliphatic heterocycles. The van der Waals surface area contributed by atoms with E-state index in [1.165, 1.54) is 12.1 Å². The van der Waals surface area contributed by atoms with Gasteiger partial charge in [-0.25, -0.2) is 0 Å². The Morgan fingerprint density at radius 3 is 2.40 bits per heavy atom. The van der Waals surface area contributed by atoms with Crippen molar-refractivity contribution in [2.75, 3.05) is 0 Å². The lowest BCUT2D eigenvalue weighted by atomic mass is 10.2. The maximum atomic E-state index is 10.6. The molecule has 0 bridgehead atoms. The molecule has 0 aliphatic rings. The van der Waals surface area contributed by atoms with Crippen molar-refractivity contribution >= 4 is 33.8 Å². The Morgan fingerprint density at radius 1 is 1.27 bits per heavy atom. The second-order valence-corrected chi connectivity index (χ2v) is 3.92. The van der Waals surface area contributed by atoms with Gasteiger partial charge in [0.25, 0.3) is 11.4 Å². The molecule has 1 rings (SSSR count). The Kier molecular flexibility index (Phi) is 3.92. The molecule has 0 unspecified atom stereocenters. The van der Waals surface area contributed by atoms with Crippen LogP contribution in [0.15, 0.2) is 18.2 Å². The van der Waals surface area contributed by atoms with Crippen LogP contribution in [-0.2, 0) is 5.75 Å². The van der Waals surface area contributed by atoms with E-state index in [0.29, 0.717) is 11.3 Å². The number of benzene rings is 1. The number of thiol groups is 1. The second-order valence-electron chi connectivity index (χ2n) is 2.60. The lowest BCUT2D eigenvalue weighted by Gasteiger charge is -1.99. The van der Waals surface area contributed by atoms with Gasteiger partial charge >= 0.3 is 0 Å². The summed E-state index contributed by atoms with van der Waals surface area (Å²) in [6.07, 6.45) is 0. The van der Waals surface area contributed by atoms with Gasteiger partial charge in [-0.05, 0) is 6.07 Å². The summed E-state index contributed by atoms with van der Waals surface area (Å²) < 4.78 is 0. The molecule has 0 atom stereocenters. The van der Waals surface area contributed by atoms with E-state index in [-0.39, 0.29) is 11.4 Å². The lowest BCUT2D eigenvalue weighted by molar-refractivity contribution is -0.394. The van der Waals surface area contributed by atoms with Gasteiger partial charge in [0.1, 0.15) is 0 Å². The summed E-state index contributed by atoms with van der Waals surface area (Å²) in [7, 11) is 1.12. The third-order valence-electron chi connectivity index (χ3n) is 1.70. The SMILES string of the molecule is O=[N+]([O-])c1ccc(CSS)c([N+](=O)[O-])c1. The zero-order chi connectivity index (χ0) is 11.4. The zero-order valence-electron chi connectivity index (χ0n) is 7.32. The van der Waals surface area contributed by atoms with Crippen molar-refractivity contribution in [1.29, 1.82) is 0 Å². The molecule has 8 heteroatoms. The molecule has 1 aromatic carbocycles. The van der Waals surface area contributed by atoms with Crippen LogP contribution in [0.5, 0.6) is 0 Å². The minimum absolute atomic E-state index is 0.245. The van der Waals surface area contributed by atoms with Gasteiger partial charge in [0.05, 0.1) is 15.9 Å². The average Bonchev–Trinajstić information content (AvgIpc) is 2.18. The molecule has 6 nitrogen and oxygen atoms in total. The first kappa shape index (κ1) is 11.8. The summed E-state index contributed by atoms with van der Waals surface area (Å²) in [6.45, 7) is 0.